The van der Waals surface area contributed by atoms with Crippen LogP contribution < -0.4 is 81.9 Å². The summed E-state index contributed by atoms with van der Waals surface area (Å²) in [7, 11) is -8.98. The van der Waals surface area contributed by atoms with E-state index in [0.717, 1.165) is 28.4 Å². The molecule has 5 aromatic carbocycles. The number of nitrogens with zero attached hydrogens (tertiary/aromatic N) is 2. The van der Waals surface area contributed by atoms with Gasteiger partial charge in [-0.05, 0) is 65.4 Å². The maximum Gasteiger partial charge on any atom is 1.00 e. The van der Waals surface area contributed by atoms with Gasteiger partial charge in [-0.25, -0.2) is 16.8 Å². The predicted octanol–water partition coefficient (Wildman–Crippen LogP) is -0.231. The molecule has 12 nitrogen and oxygen atoms in total. The summed E-state index contributed by atoms with van der Waals surface area (Å²) in [6.07, 6.45) is 0.868. The molecule has 7 N–H and O–H groups in total. The fraction of sp³-hybridized carbons (Fsp3) is 0.125. The van der Waals surface area contributed by atoms with Crippen molar-refractivity contribution in [2.45, 2.75) is 29.0 Å². The van der Waals surface area contributed by atoms with Crippen molar-refractivity contribution in [2.75, 3.05) is 11.2 Å². The smallest absolute Gasteiger partial charge is 0.747 e. The molecule has 1 aliphatic carbocycles. The summed E-state index contributed by atoms with van der Waals surface area (Å²) < 4.78 is 68.3. The van der Waals surface area contributed by atoms with Crippen molar-refractivity contribution in [1.29, 1.82) is 0 Å². The Bertz CT molecular complexity index is 2130. The Morgan fingerprint density at radius 1 is 0.708 bits per heavy atom. The monoisotopic (exact) mass is 704 g/mol. The van der Waals surface area contributed by atoms with Gasteiger partial charge in [0.15, 0.2) is 0 Å². The zero-order valence-electron chi connectivity index (χ0n) is 26.3. The maximum absolute atomic E-state index is 11.7. The Kier molecular flexibility index (Phi) is 13.9. The molecule has 48 heavy (non-hydrogen) atoms. The largest absolute Gasteiger partial charge is 1.00 e. The van der Waals surface area contributed by atoms with Crippen LogP contribution in [0.25, 0.3) is 21.9 Å². The van der Waals surface area contributed by atoms with Crippen molar-refractivity contribution in [1.82, 2.24) is 0 Å². The molecule has 0 aliphatic heterocycles. The van der Waals surface area contributed by atoms with Gasteiger partial charge < -0.3 is 26.0 Å². The third kappa shape index (κ3) is 9.29. The fourth-order valence-corrected chi connectivity index (χ4v) is 6.97. The number of nitrogens with two attached hydrogens (primary N) is 3. The SMILES string of the molecule is NNc1ccc(-c2ccc(N=Nc3cc(S(=O)(=O)[O-])c4ccccc4c3N)cc2)cc1.N[C@@H]1CC[C@H](S(=O)(=O)[O-])c2ccccc21.[Na+].[Na+]. The van der Waals surface area contributed by atoms with Crippen molar-refractivity contribution < 1.29 is 85.1 Å². The zero-order valence-corrected chi connectivity index (χ0v) is 31.9. The summed E-state index contributed by atoms with van der Waals surface area (Å²) >= 11 is 0. The molecule has 0 unspecified atom stereocenters. The first-order valence-corrected chi connectivity index (χ1v) is 16.9. The summed E-state index contributed by atoms with van der Waals surface area (Å²) in [6.45, 7) is 0. The van der Waals surface area contributed by atoms with Crippen LogP contribution in [0.1, 0.15) is 35.3 Å². The van der Waals surface area contributed by atoms with Crippen LogP contribution in [-0.2, 0) is 20.2 Å². The number of nitrogen functional groups attached to an aromatic ring is 2. The number of azo groups is 1. The molecule has 0 saturated carbocycles. The van der Waals surface area contributed by atoms with Crippen LogP contribution >= 0.6 is 0 Å². The molecule has 0 spiro atoms. The van der Waals surface area contributed by atoms with Crippen LogP contribution in [0.15, 0.2) is 118 Å². The van der Waals surface area contributed by atoms with E-state index in [0.29, 0.717) is 29.5 Å². The van der Waals surface area contributed by atoms with Gasteiger partial charge >= 0.3 is 59.1 Å². The van der Waals surface area contributed by atoms with Gasteiger partial charge in [-0.2, -0.15) is 5.11 Å². The van der Waals surface area contributed by atoms with E-state index < -0.39 is 25.5 Å². The van der Waals surface area contributed by atoms with Crippen LogP contribution in [0.4, 0.5) is 22.7 Å². The van der Waals surface area contributed by atoms with Crippen molar-refractivity contribution in [2.24, 2.45) is 21.8 Å². The van der Waals surface area contributed by atoms with E-state index >= 15 is 0 Å². The number of fused-ring (bicyclic) bond motifs is 2. The van der Waals surface area contributed by atoms with Gasteiger partial charge in [-0.15, -0.1) is 5.11 Å². The van der Waals surface area contributed by atoms with E-state index in [9.17, 15) is 25.9 Å². The average molecular weight is 705 g/mol. The van der Waals surface area contributed by atoms with Crippen LogP contribution in [0.3, 0.4) is 0 Å². The first kappa shape index (κ1) is 39.7. The first-order valence-electron chi connectivity index (χ1n) is 14.0. The third-order valence-corrected chi connectivity index (χ3v) is 9.71. The quantitative estimate of drug-likeness (QED) is 0.0453. The molecule has 0 bridgehead atoms. The van der Waals surface area contributed by atoms with Crippen molar-refractivity contribution in [3.05, 3.63) is 114 Å². The molecule has 1 aliphatic rings. The second-order valence-electron chi connectivity index (χ2n) is 10.6. The van der Waals surface area contributed by atoms with Crippen molar-refractivity contribution >= 4 is 53.8 Å². The molecule has 2 atom stereocenters. The second-order valence-corrected chi connectivity index (χ2v) is 13.5. The number of hydrogen-bond donors (Lipinski definition) is 4. The number of nitrogens with one attached hydrogen (secondary N) is 1. The molecule has 0 aromatic heterocycles. The van der Waals surface area contributed by atoms with Crippen LogP contribution in [0.2, 0.25) is 0 Å². The molecule has 0 fully saturated rings. The predicted molar refractivity (Wildman–Crippen MR) is 175 cm³/mol. The Morgan fingerprint density at radius 2 is 1.25 bits per heavy atom. The minimum atomic E-state index is -4.71. The molecule has 238 valence electrons. The molecule has 6 rings (SSSR count). The van der Waals surface area contributed by atoms with Gasteiger partial charge in [0.25, 0.3) is 0 Å². The molecule has 0 radical (unpaired) electrons. The molecule has 5 aromatic rings. The van der Waals surface area contributed by atoms with Gasteiger partial charge in [0.05, 0.1) is 21.5 Å². The van der Waals surface area contributed by atoms with E-state index in [4.69, 9.17) is 17.3 Å². The normalized spacial score (nSPS) is 15.8. The topological polar surface area (TPSA) is 229 Å². The standard InChI is InChI=1S/C22H19N5O3S.C10H13NO3S.2Na/c23-22-19-4-2-1-3-18(19)21(31(28,29)30)13-20(22)27-26-17-11-7-15(8-12-17)14-5-9-16(25-24)10-6-14;11-9-5-6-10(15(12,13)14)8-4-2-1-3-7(8)9;;/h1-13,25H,23-24H2,(H,28,29,30);1-4,9-10H,5-6,11H2,(H,12,13,14);;/q;;2*+1/p-2/t;9-,10+;;/m.1../s1. The summed E-state index contributed by atoms with van der Waals surface area (Å²) in [4.78, 5) is -0.378. The molecule has 16 heteroatoms. The number of benzene rings is 5. The zero-order chi connectivity index (χ0) is 33.1. The van der Waals surface area contributed by atoms with Gasteiger partial charge in [0, 0.05) is 22.5 Å². The summed E-state index contributed by atoms with van der Waals surface area (Å²) in [5.74, 6) is 5.38. The van der Waals surface area contributed by atoms with Gasteiger partial charge in [-0.1, -0.05) is 72.8 Å². The number of rotatable bonds is 6. The Balaban J connectivity index is 0.000000311. The molecular weight excluding hydrogens is 675 g/mol. The fourth-order valence-electron chi connectivity index (χ4n) is 5.31. The number of hydrazine groups is 1. The summed E-state index contributed by atoms with van der Waals surface area (Å²) in [6, 6.07) is 29.4. The van der Waals surface area contributed by atoms with Gasteiger partial charge in [-0.3, -0.25) is 5.84 Å². The third-order valence-electron chi connectivity index (χ3n) is 7.65. The number of anilines is 2. The molecule has 0 saturated heterocycles. The number of hydrogen-bond acceptors (Lipinski definition) is 12. The average Bonchev–Trinajstić information content (AvgIpc) is 3.04. The molecule has 0 amide bonds. The van der Waals surface area contributed by atoms with Gasteiger partial charge in [0.1, 0.15) is 25.9 Å². The van der Waals surface area contributed by atoms with E-state index in [1.165, 1.54) is 6.07 Å². The summed E-state index contributed by atoms with van der Waals surface area (Å²) in [5, 5.41) is 8.02. The molecular formula is C32H30N6Na2O6S2. The van der Waals surface area contributed by atoms with E-state index in [1.54, 1.807) is 54.6 Å². The van der Waals surface area contributed by atoms with E-state index in [-0.39, 0.29) is 86.8 Å². The van der Waals surface area contributed by atoms with Crippen LogP contribution in [0, 0.1) is 0 Å². The van der Waals surface area contributed by atoms with E-state index in [1.807, 2.05) is 36.4 Å². The molecule has 0 heterocycles. The maximum atomic E-state index is 11.7. The van der Waals surface area contributed by atoms with Gasteiger partial charge in [0.2, 0.25) is 0 Å². The summed E-state index contributed by atoms with van der Waals surface area (Å²) in [5.41, 5.74) is 19.6. The van der Waals surface area contributed by atoms with Crippen molar-refractivity contribution in [3.63, 3.8) is 0 Å². The minimum Gasteiger partial charge on any atom is -0.747 e. The Hall–Kier alpha value is -2.70. The van der Waals surface area contributed by atoms with Crippen LogP contribution in [-0.4, -0.2) is 25.9 Å². The van der Waals surface area contributed by atoms with Crippen molar-refractivity contribution in [3.8, 4) is 11.1 Å². The Labute approximate surface area is 323 Å². The second kappa shape index (κ2) is 16.8. The van der Waals surface area contributed by atoms with E-state index in [2.05, 4.69) is 15.7 Å². The first-order chi connectivity index (χ1) is 21.9. The van der Waals surface area contributed by atoms with Crippen LogP contribution in [0.5, 0.6) is 0 Å². The minimum absolute atomic E-state index is 0. The Morgan fingerprint density at radius 3 is 1.81 bits per heavy atom.